The molecule has 2 aromatic carbocycles. The SMILES string of the molecule is CC(CCOc1ccccc1Sc1ccc(F)c(Cl)c1)N(C)CC(=O)O. The van der Waals surface area contributed by atoms with Crippen molar-refractivity contribution in [3.05, 3.63) is 53.3 Å². The van der Waals surface area contributed by atoms with Gasteiger partial charge in [-0.25, -0.2) is 4.39 Å². The second-order valence-corrected chi connectivity index (χ2v) is 7.44. The molecule has 0 bridgehead atoms. The maximum Gasteiger partial charge on any atom is 0.317 e. The normalized spacial score (nSPS) is 12.2. The quantitative estimate of drug-likeness (QED) is 0.658. The van der Waals surface area contributed by atoms with E-state index in [1.54, 1.807) is 24.1 Å². The molecule has 140 valence electrons. The molecular weight excluding hydrogens is 377 g/mol. The van der Waals surface area contributed by atoms with E-state index in [-0.39, 0.29) is 17.6 Å². The molecule has 2 aromatic rings. The first kappa shape index (κ1) is 20.6. The average Bonchev–Trinajstić information content (AvgIpc) is 2.59. The number of ether oxygens (including phenoxy) is 1. The Bertz CT molecular complexity index is 759. The number of hydrogen-bond donors (Lipinski definition) is 1. The van der Waals surface area contributed by atoms with Gasteiger partial charge in [-0.05, 0) is 50.7 Å². The molecule has 1 unspecified atom stereocenters. The van der Waals surface area contributed by atoms with Crippen LogP contribution in [0.3, 0.4) is 0 Å². The zero-order valence-electron chi connectivity index (χ0n) is 14.6. The Kier molecular flexibility index (Phi) is 7.75. The van der Waals surface area contributed by atoms with Gasteiger partial charge in [0, 0.05) is 10.9 Å². The van der Waals surface area contributed by atoms with Gasteiger partial charge in [-0.1, -0.05) is 35.5 Å². The van der Waals surface area contributed by atoms with Crippen molar-refractivity contribution in [2.45, 2.75) is 29.2 Å². The van der Waals surface area contributed by atoms with Crippen LogP contribution >= 0.6 is 23.4 Å². The van der Waals surface area contributed by atoms with Crippen LogP contribution in [0.4, 0.5) is 4.39 Å². The van der Waals surface area contributed by atoms with Gasteiger partial charge in [-0.3, -0.25) is 9.69 Å². The van der Waals surface area contributed by atoms with Gasteiger partial charge in [-0.2, -0.15) is 0 Å². The summed E-state index contributed by atoms with van der Waals surface area (Å²) in [5, 5.41) is 8.93. The van der Waals surface area contributed by atoms with Crippen LogP contribution in [0.15, 0.2) is 52.3 Å². The fraction of sp³-hybridized carbons (Fsp3) is 0.316. The van der Waals surface area contributed by atoms with E-state index in [9.17, 15) is 9.18 Å². The average molecular weight is 398 g/mol. The molecule has 0 radical (unpaired) electrons. The molecular formula is C19H21ClFNO3S. The second kappa shape index (κ2) is 9.80. The lowest BCUT2D eigenvalue weighted by Crippen LogP contribution is -2.34. The highest BCUT2D eigenvalue weighted by Crippen LogP contribution is 2.36. The van der Waals surface area contributed by atoms with E-state index in [0.717, 1.165) is 15.5 Å². The van der Waals surface area contributed by atoms with E-state index in [4.69, 9.17) is 21.4 Å². The molecule has 1 atom stereocenters. The number of benzene rings is 2. The molecule has 0 heterocycles. The third-order valence-electron chi connectivity index (χ3n) is 3.90. The number of hydrogen-bond acceptors (Lipinski definition) is 4. The van der Waals surface area contributed by atoms with Crippen molar-refractivity contribution in [1.29, 1.82) is 0 Å². The van der Waals surface area contributed by atoms with Gasteiger partial charge in [0.1, 0.15) is 11.6 Å². The van der Waals surface area contributed by atoms with E-state index in [1.807, 2.05) is 31.2 Å². The summed E-state index contributed by atoms with van der Waals surface area (Å²) in [6.07, 6.45) is 0.700. The third-order valence-corrected chi connectivity index (χ3v) is 5.23. The van der Waals surface area contributed by atoms with E-state index < -0.39 is 11.8 Å². The lowest BCUT2D eigenvalue weighted by atomic mass is 10.2. The molecule has 7 heteroatoms. The number of aliphatic carboxylic acids is 1. The Morgan fingerprint density at radius 2 is 2.08 bits per heavy atom. The largest absolute Gasteiger partial charge is 0.492 e. The van der Waals surface area contributed by atoms with Crippen molar-refractivity contribution in [3.63, 3.8) is 0 Å². The van der Waals surface area contributed by atoms with Crippen LogP contribution in [0, 0.1) is 5.82 Å². The Labute approximate surface area is 161 Å². The zero-order chi connectivity index (χ0) is 19.1. The number of carboxylic acid groups (broad SMARTS) is 1. The molecule has 0 saturated carbocycles. The molecule has 0 aromatic heterocycles. The summed E-state index contributed by atoms with van der Waals surface area (Å²) < 4.78 is 19.2. The minimum Gasteiger partial charge on any atom is -0.492 e. The minimum atomic E-state index is -0.847. The predicted octanol–water partition coefficient (Wildman–Crippen LogP) is 4.80. The number of carboxylic acids is 1. The summed E-state index contributed by atoms with van der Waals surface area (Å²) in [5.41, 5.74) is 0. The van der Waals surface area contributed by atoms with Crippen molar-refractivity contribution in [3.8, 4) is 5.75 Å². The summed E-state index contributed by atoms with van der Waals surface area (Å²) in [5.74, 6) is -0.564. The Morgan fingerprint density at radius 3 is 2.77 bits per heavy atom. The van der Waals surface area contributed by atoms with Gasteiger partial charge in [0.25, 0.3) is 0 Å². The number of nitrogens with zero attached hydrogens (tertiary/aromatic N) is 1. The van der Waals surface area contributed by atoms with E-state index in [1.165, 1.54) is 17.8 Å². The summed E-state index contributed by atoms with van der Waals surface area (Å²) in [4.78, 5) is 14.3. The number of para-hydroxylation sites is 1. The molecule has 0 aliphatic rings. The number of halogens is 2. The molecule has 0 aliphatic heterocycles. The standard InChI is InChI=1S/C19H21ClFNO3S/c1-13(22(2)12-19(23)24)9-10-25-17-5-3-4-6-18(17)26-14-7-8-16(21)15(20)11-14/h3-8,11,13H,9-10,12H2,1-2H3,(H,23,24). The fourth-order valence-electron chi connectivity index (χ4n) is 2.25. The van der Waals surface area contributed by atoms with Crippen LogP contribution in [0.5, 0.6) is 5.75 Å². The second-order valence-electron chi connectivity index (χ2n) is 5.92. The molecule has 0 fully saturated rings. The van der Waals surface area contributed by atoms with E-state index in [0.29, 0.717) is 13.0 Å². The molecule has 0 aliphatic carbocycles. The van der Waals surface area contributed by atoms with Crippen LogP contribution in [0.1, 0.15) is 13.3 Å². The monoisotopic (exact) mass is 397 g/mol. The van der Waals surface area contributed by atoms with Gasteiger partial charge in [-0.15, -0.1) is 0 Å². The smallest absolute Gasteiger partial charge is 0.317 e. The Morgan fingerprint density at radius 1 is 1.35 bits per heavy atom. The van der Waals surface area contributed by atoms with Gasteiger partial charge >= 0.3 is 5.97 Å². The number of rotatable bonds is 9. The first-order valence-electron chi connectivity index (χ1n) is 8.13. The topological polar surface area (TPSA) is 49.8 Å². The van der Waals surface area contributed by atoms with Crippen molar-refractivity contribution < 1.29 is 19.0 Å². The zero-order valence-corrected chi connectivity index (χ0v) is 16.2. The summed E-state index contributed by atoms with van der Waals surface area (Å²) in [7, 11) is 1.78. The van der Waals surface area contributed by atoms with Gasteiger partial charge in [0.15, 0.2) is 0 Å². The molecule has 4 nitrogen and oxygen atoms in total. The molecule has 1 N–H and O–H groups in total. The Balaban J connectivity index is 1.96. The number of likely N-dealkylation sites (N-methyl/N-ethyl adjacent to an activating group) is 1. The lowest BCUT2D eigenvalue weighted by molar-refractivity contribution is -0.138. The van der Waals surface area contributed by atoms with Crippen LogP contribution in [-0.4, -0.2) is 42.2 Å². The van der Waals surface area contributed by atoms with Crippen LogP contribution in [-0.2, 0) is 4.79 Å². The first-order chi connectivity index (χ1) is 12.4. The van der Waals surface area contributed by atoms with Crippen LogP contribution in [0.2, 0.25) is 5.02 Å². The minimum absolute atomic E-state index is 0.00106. The molecule has 0 amide bonds. The van der Waals surface area contributed by atoms with Crippen molar-refractivity contribution in [2.75, 3.05) is 20.2 Å². The highest BCUT2D eigenvalue weighted by atomic mass is 35.5. The third kappa shape index (κ3) is 6.20. The first-order valence-corrected chi connectivity index (χ1v) is 9.33. The molecule has 26 heavy (non-hydrogen) atoms. The van der Waals surface area contributed by atoms with Gasteiger partial charge < -0.3 is 9.84 Å². The summed E-state index contributed by atoms with van der Waals surface area (Å²) in [6, 6.07) is 12.3. The lowest BCUT2D eigenvalue weighted by Gasteiger charge is -2.23. The highest BCUT2D eigenvalue weighted by molar-refractivity contribution is 7.99. The van der Waals surface area contributed by atoms with Gasteiger partial charge in [0.05, 0.1) is 23.1 Å². The molecule has 0 saturated heterocycles. The van der Waals surface area contributed by atoms with Crippen molar-refractivity contribution in [1.82, 2.24) is 4.90 Å². The fourth-order valence-corrected chi connectivity index (χ4v) is 3.44. The van der Waals surface area contributed by atoms with Crippen molar-refractivity contribution in [2.24, 2.45) is 0 Å². The highest BCUT2D eigenvalue weighted by Gasteiger charge is 2.13. The number of carbonyl (C=O) groups is 1. The van der Waals surface area contributed by atoms with Crippen LogP contribution < -0.4 is 4.74 Å². The molecule has 2 rings (SSSR count). The predicted molar refractivity (Wildman–Crippen MR) is 102 cm³/mol. The summed E-state index contributed by atoms with van der Waals surface area (Å²) in [6.45, 7) is 2.43. The van der Waals surface area contributed by atoms with E-state index >= 15 is 0 Å². The maximum absolute atomic E-state index is 13.3. The van der Waals surface area contributed by atoms with E-state index in [2.05, 4.69) is 0 Å². The summed E-state index contributed by atoms with van der Waals surface area (Å²) >= 11 is 7.28. The molecule has 0 spiro atoms. The maximum atomic E-state index is 13.3. The van der Waals surface area contributed by atoms with Gasteiger partial charge in [0.2, 0.25) is 0 Å². The Hall–Kier alpha value is -1.76. The van der Waals surface area contributed by atoms with Crippen LogP contribution in [0.25, 0.3) is 0 Å². The van der Waals surface area contributed by atoms with Crippen molar-refractivity contribution >= 4 is 29.3 Å².